The normalized spacial score (nSPS) is 19.4. The van der Waals surface area contributed by atoms with Gasteiger partial charge in [-0.05, 0) is 37.5 Å². The summed E-state index contributed by atoms with van der Waals surface area (Å²) in [6.45, 7) is 0.755. The minimum Gasteiger partial charge on any atom is -0.357 e. The number of H-pyrrole nitrogens is 1. The standard InChI is InChI=1S/C15H14BrN3O2/c16-9-4-5-10-12(7-9)17-15(20)11-8-19(18-14(10)11)13-3-1-2-6-21-13/h4-5,7-8,13H,1-3,6H2,(H,17,20). The van der Waals surface area contributed by atoms with E-state index in [0.717, 1.165) is 46.8 Å². The lowest BCUT2D eigenvalue weighted by Crippen LogP contribution is -2.18. The largest absolute Gasteiger partial charge is 0.357 e. The number of halogens is 1. The fraction of sp³-hybridized carbons (Fsp3) is 0.333. The number of ether oxygens (including phenoxy) is 1. The smallest absolute Gasteiger partial charge is 0.259 e. The molecular formula is C15H14BrN3O2. The van der Waals surface area contributed by atoms with Crippen LogP contribution in [0.4, 0.5) is 0 Å². The predicted octanol–water partition coefficient (Wildman–Crippen LogP) is 3.34. The van der Waals surface area contributed by atoms with Gasteiger partial charge in [-0.2, -0.15) is 5.10 Å². The monoisotopic (exact) mass is 347 g/mol. The van der Waals surface area contributed by atoms with Crippen LogP contribution in [0.25, 0.3) is 21.8 Å². The van der Waals surface area contributed by atoms with E-state index >= 15 is 0 Å². The molecule has 6 heteroatoms. The third kappa shape index (κ3) is 2.18. The van der Waals surface area contributed by atoms with Gasteiger partial charge in [-0.3, -0.25) is 4.79 Å². The van der Waals surface area contributed by atoms with Gasteiger partial charge in [-0.25, -0.2) is 4.68 Å². The Bertz CT molecular complexity index is 878. The third-order valence-corrected chi connectivity index (χ3v) is 4.41. The quantitative estimate of drug-likeness (QED) is 0.734. The molecule has 1 saturated heterocycles. The van der Waals surface area contributed by atoms with Gasteiger partial charge in [0.25, 0.3) is 5.56 Å². The Morgan fingerprint density at radius 1 is 1.33 bits per heavy atom. The van der Waals surface area contributed by atoms with Crippen molar-refractivity contribution in [2.75, 3.05) is 6.61 Å². The maximum absolute atomic E-state index is 12.2. The molecule has 1 aromatic carbocycles. The third-order valence-electron chi connectivity index (χ3n) is 3.91. The number of nitrogens with one attached hydrogen (secondary N) is 1. The molecule has 1 N–H and O–H groups in total. The van der Waals surface area contributed by atoms with Crippen LogP contribution in [0.3, 0.4) is 0 Å². The fourth-order valence-corrected chi connectivity index (χ4v) is 3.21. The Morgan fingerprint density at radius 2 is 2.24 bits per heavy atom. The van der Waals surface area contributed by atoms with Crippen molar-refractivity contribution in [2.45, 2.75) is 25.5 Å². The molecule has 0 aliphatic carbocycles. The first-order chi connectivity index (χ1) is 10.2. The summed E-state index contributed by atoms with van der Waals surface area (Å²) in [5.74, 6) is 0. The first kappa shape index (κ1) is 13.0. The topological polar surface area (TPSA) is 59.9 Å². The molecule has 0 amide bonds. The van der Waals surface area contributed by atoms with Gasteiger partial charge < -0.3 is 9.72 Å². The highest BCUT2D eigenvalue weighted by molar-refractivity contribution is 9.10. The fourth-order valence-electron chi connectivity index (χ4n) is 2.85. The van der Waals surface area contributed by atoms with Crippen molar-refractivity contribution in [3.05, 3.63) is 39.2 Å². The number of nitrogens with zero attached hydrogens (tertiary/aromatic N) is 2. The van der Waals surface area contributed by atoms with Gasteiger partial charge in [0.15, 0.2) is 0 Å². The molecular weight excluding hydrogens is 334 g/mol. The highest BCUT2D eigenvalue weighted by Gasteiger charge is 2.19. The number of benzene rings is 1. The molecule has 1 aliphatic heterocycles. The molecule has 1 atom stereocenters. The van der Waals surface area contributed by atoms with Crippen molar-refractivity contribution in [3.63, 3.8) is 0 Å². The van der Waals surface area contributed by atoms with Crippen molar-refractivity contribution in [1.29, 1.82) is 0 Å². The van der Waals surface area contributed by atoms with Crippen LogP contribution in [-0.4, -0.2) is 21.4 Å². The van der Waals surface area contributed by atoms with Gasteiger partial charge in [0.1, 0.15) is 11.7 Å². The van der Waals surface area contributed by atoms with Crippen molar-refractivity contribution in [1.82, 2.24) is 14.8 Å². The van der Waals surface area contributed by atoms with Crippen molar-refractivity contribution in [3.8, 4) is 0 Å². The second-order valence-electron chi connectivity index (χ2n) is 5.34. The molecule has 5 nitrogen and oxygen atoms in total. The second-order valence-corrected chi connectivity index (χ2v) is 6.25. The highest BCUT2D eigenvalue weighted by atomic mass is 79.9. The van der Waals surface area contributed by atoms with E-state index in [-0.39, 0.29) is 11.8 Å². The van der Waals surface area contributed by atoms with Crippen molar-refractivity contribution in [2.24, 2.45) is 0 Å². The van der Waals surface area contributed by atoms with Gasteiger partial charge in [-0.1, -0.05) is 15.9 Å². The molecule has 1 aliphatic rings. The number of pyridine rings is 1. The molecule has 1 fully saturated rings. The molecule has 4 rings (SSSR count). The van der Waals surface area contributed by atoms with E-state index in [0.29, 0.717) is 5.39 Å². The summed E-state index contributed by atoms with van der Waals surface area (Å²) in [6, 6.07) is 5.82. The summed E-state index contributed by atoms with van der Waals surface area (Å²) in [7, 11) is 0. The van der Waals surface area contributed by atoms with E-state index in [4.69, 9.17) is 4.74 Å². The summed E-state index contributed by atoms with van der Waals surface area (Å²) < 4.78 is 8.47. The van der Waals surface area contributed by atoms with E-state index in [1.165, 1.54) is 0 Å². The molecule has 3 aromatic rings. The summed E-state index contributed by atoms with van der Waals surface area (Å²) in [4.78, 5) is 15.1. The zero-order valence-electron chi connectivity index (χ0n) is 11.3. The maximum Gasteiger partial charge on any atom is 0.259 e. The van der Waals surface area contributed by atoms with E-state index in [1.807, 2.05) is 18.2 Å². The van der Waals surface area contributed by atoms with Gasteiger partial charge in [-0.15, -0.1) is 0 Å². The molecule has 0 saturated carbocycles. The van der Waals surface area contributed by atoms with Crippen LogP contribution >= 0.6 is 15.9 Å². The number of hydrogen-bond acceptors (Lipinski definition) is 3. The molecule has 108 valence electrons. The number of aromatic amines is 1. The van der Waals surface area contributed by atoms with Crippen LogP contribution in [0, 0.1) is 0 Å². The average molecular weight is 348 g/mol. The zero-order chi connectivity index (χ0) is 14.4. The molecule has 2 aromatic heterocycles. The summed E-state index contributed by atoms with van der Waals surface area (Å²) in [6.07, 6.45) is 4.90. The number of rotatable bonds is 1. The Hall–Kier alpha value is -1.66. The lowest BCUT2D eigenvalue weighted by Gasteiger charge is -2.22. The zero-order valence-corrected chi connectivity index (χ0v) is 12.9. The summed E-state index contributed by atoms with van der Waals surface area (Å²) in [5, 5.41) is 6.17. The first-order valence-corrected chi connectivity index (χ1v) is 7.84. The SMILES string of the molecule is O=c1[nH]c2cc(Br)ccc2c2nn(C3CCCCO3)cc12. The Labute approximate surface area is 129 Å². The Kier molecular flexibility index (Phi) is 3.08. The predicted molar refractivity (Wildman–Crippen MR) is 84.4 cm³/mol. The molecule has 0 bridgehead atoms. The van der Waals surface area contributed by atoms with Crippen molar-refractivity contribution >= 4 is 37.7 Å². The minimum atomic E-state index is -0.113. The van der Waals surface area contributed by atoms with Gasteiger partial charge in [0.2, 0.25) is 0 Å². The molecule has 0 spiro atoms. The van der Waals surface area contributed by atoms with Crippen LogP contribution in [0.15, 0.2) is 33.7 Å². The lowest BCUT2D eigenvalue weighted by atomic mass is 10.2. The van der Waals surface area contributed by atoms with Crippen LogP contribution < -0.4 is 5.56 Å². The van der Waals surface area contributed by atoms with Crippen LogP contribution in [0.5, 0.6) is 0 Å². The maximum atomic E-state index is 12.2. The Balaban J connectivity index is 1.95. The van der Waals surface area contributed by atoms with Crippen LogP contribution in [0.1, 0.15) is 25.5 Å². The molecule has 1 unspecified atom stereocenters. The number of hydrogen-bond donors (Lipinski definition) is 1. The number of aromatic nitrogens is 3. The van der Waals surface area contributed by atoms with E-state index in [2.05, 4.69) is 26.0 Å². The van der Waals surface area contributed by atoms with E-state index < -0.39 is 0 Å². The summed E-state index contributed by atoms with van der Waals surface area (Å²) >= 11 is 3.42. The summed E-state index contributed by atoms with van der Waals surface area (Å²) in [5.41, 5.74) is 1.41. The lowest BCUT2D eigenvalue weighted by molar-refractivity contribution is -0.0390. The van der Waals surface area contributed by atoms with Gasteiger partial charge >= 0.3 is 0 Å². The first-order valence-electron chi connectivity index (χ1n) is 7.04. The Morgan fingerprint density at radius 3 is 3.05 bits per heavy atom. The molecule has 0 radical (unpaired) electrons. The second kappa shape index (κ2) is 4.96. The van der Waals surface area contributed by atoms with Gasteiger partial charge in [0, 0.05) is 22.7 Å². The van der Waals surface area contributed by atoms with Gasteiger partial charge in [0.05, 0.1) is 10.9 Å². The number of fused-ring (bicyclic) bond motifs is 3. The molecule has 3 heterocycles. The van der Waals surface area contributed by atoms with Crippen molar-refractivity contribution < 1.29 is 4.74 Å². The van der Waals surface area contributed by atoms with Crippen LogP contribution in [-0.2, 0) is 4.74 Å². The van der Waals surface area contributed by atoms with Crippen LogP contribution in [0.2, 0.25) is 0 Å². The average Bonchev–Trinajstić information content (AvgIpc) is 2.94. The van der Waals surface area contributed by atoms with E-state index in [1.54, 1.807) is 10.9 Å². The van der Waals surface area contributed by atoms with E-state index in [9.17, 15) is 4.79 Å². The minimum absolute atomic E-state index is 0.0592. The highest BCUT2D eigenvalue weighted by Crippen LogP contribution is 2.26. The molecule has 21 heavy (non-hydrogen) atoms.